The number of fused-ring (bicyclic) bond motifs is 1. The lowest BCUT2D eigenvalue weighted by Crippen LogP contribution is -2.59. The number of ether oxygens (including phenoxy) is 1. The second kappa shape index (κ2) is 4.39. The van der Waals surface area contributed by atoms with Gasteiger partial charge in [-0.1, -0.05) is 12.2 Å². The minimum atomic E-state index is -1.49. The fraction of sp³-hybridized carbons (Fsp3) is 0.737. The van der Waals surface area contributed by atoms with Crippen molar-refractivity contribution >= 4 is 17.7 Å². The van der Waals surface area contributed by atoms with E-state index in [1.165, 1.54) is 6.92 Å². The average Bonchev–Trinajstić information content (AvgIpc) is 3.04. The van der Waals surface area contributed by atoms with E-state index in [1.54, 1.807) is 0 Å². The third-order valence-corrected chi connectivity index (χ3v) is 8.33. The molecule has 5 fully saturated rings. The summed E-state index contributed by atoms with van der Waals surface area (Å²) in [5.74, 6) is -4.16. The Hall–Kier alpha value is -1.73. The van der Waals surface area contributed by atoms with Crippen molar-refractivity contribution in [2.75, 3.05) is 0 Å². The van der Waals surface area contributed by atoms with Gasteiger partial charge in [-0.3, -0.25) is 14.4 Å². The van der Waals surface area contributed by atoms with Crippen molar-refractivity contribution in [3.05, 3.63) is 12.2 Å². The molecule has 7 heteroatoms. The molecule has 4 bridgehead atoms. The Morgan fingerprint density at radius 2 is 1.96 bits per heavy atom. The zero-order chi connectivity index (χ0) is 18.8. The highest BCUT2D eigenvalue weighted by molar-refractivity contribution is 5.90. The van der Waals surface area contributed by atoms with Gasteiger partial charge in [0.1, 0.15) is 16.8 Å². The summed E-state index contributed by atoms with van der Waals surface area (Å²) in [6.45, 7) is 5.52. The molecule has 4 aliphatic carbocycles. The molecule has 0 radical (unpaired) electrons. The molecule has 26 heavy (non-hydrogen) atoms. The van der Waals surface area contributed by atoms with Gasteiger partial charge in [0.2, 0.25) is 0 Å². The van der Waals surface area contributed by atoms with Gasteiger partial charge in [-0.25, -0.2) is 0 Å². The molecule has 3 N–H and O–H groups in total. The first kappa shape index (κ1) is 16.4. The van der Waals surface area contributed by atoms with E-state index in [4.69, 9.17) is 4.74 Å². The lowest BCUT2D eigenvalue weighted by molar-refractivity contribution is -0.164. The quantitative estimate of drug-likeness (QED) is 0.453. The van der Waals surface area contributed by atoms with Crippen molar-refractivity contribution in [3.8, 4) is 0 Å². The summed E-state index contributed by atoms with van der Waals surface area (Å²) in [6, 6.07) is 0. The highest BCUT2D eigenvalue weighted by Crippen LogP contribution is 2.77. The largest absolute Gasteiger partial charge is 0.481 e. The smallest absolute Gasteiger partial charge is 0.315 e. The standard InChI is InChI=1S/C19H22O7/c1-7-4-18-5-8(7)9(20)3-11(18)19-6-10(21)14(22)17(2,16(25)26-19)13(19)12(18)15(23)24/h8,10-14,21-22H,1,3-6H2,2H3,(H,23,24)/t8-,10+,11-,12-,13-,14+,17+,18+,19-/m1/s1. The van der Waals surface area contributed by atoms with Crippen LogP contribution in [-0.2, 0) is 19.1 Å². The Labute approximate surface area is 150 Å². The Bertz CT molecular complexity index is 789. The number of esters is 1. The second-order valence-electron chi connectivity index (χ2n) is 9.18. The highest BCUT2D eigenvalue weighted by Gasteiger charge is 2.85. The number of hydrogen-bond acceptors (Lipinski definition) is 6. The summed E-state index contributed by atoms with van der Waals surface area (Å²) >= 11 is 0. The van der Waals surface area contributed by atoms with E-state index in [9.17, 15) is 29.7 Å². The topological polar surface area (TPSA) is 121 Å². The number of carbonyl (C=O) groups is 3. The van der Waals surface area contributed by atoms with Crippen LogP contribution in [0.2, 0.25) is 0 Å². The number of aliphatic hydroxyl groups is 2. The van der Waals surface area contributed by atoms with Crippen LogP contribution in [0.4, 0.5) is 0 Å². The number of carboxylic acid groups (broad SMARTS) is 1. The number of aliphatic carboxylic acids is 1. The first-order chi connectivity index (χ1) is 12.1. The summed E-state index contributed by atoms with van der Waals surface area (Å²) < 4.78 is 5.82. The summed E-state index contributed by atoms with van der Waals surface area (Å²) in [6.07, 6.45) is -1.64. The number of carboxylic acids is 1. The Kier molecular flexibility index (Phi) is 2.78. The minimum absolute atomic E-state index is 0.0116. The van der Waals surface area contributed by atoms with Crippen LogP contribution in [0.15, 0.2) is 12.2 Å². The molecule has 0 unspecified atom stereocenters. The van der Waals surface area contributed by atoms with Crippen molar-refractivity contribution in [2.45, 2.75) is 50.4 Å². The molecule has 1 aliphatic heterocycles. The molecule has 0 aromatic heterocycles. The molecule has 9 atom stereocenters. The van der Waals surface area contributed by atoms with Gasteiger partial charge in [-0.05, 0) is 25.2 Å². The van der Waals surface area contributed by atoms with Gasteiger partial charge in [0, 0.05) is 30.6 Å². The van der Waals surface area contributed by atoms with E-state index in [1.807, 2.05) is 0 Å². The summed E-state index contributed by atoms with van der Waals surface area (Å²) in [4.78, 5) is 37.8. The van der Waals surface area contributed by atoms with Gasteiger partial charge < -0.3 is 20.1 Å². The average molecular weight is 362 g/mol. The van der Waals surface area contributed by atoms with Gasteiger partial charge in [-0.2, -0.15) is 0 Å². The number of carbonyl (C=O) groups excluding carboxylic acids is 2. The molecule has 4 saturated carbocycles. The number of hydrogen-bond donors (Lipinski definition) is 3. The molecule has 1 saturated heterocycles. The zero-order valence-corrected chi connectivity index (χ0v) is 14.5. The summed E-state index contributed by atoms with van der Waals surface area (Å²) in [5, 5.41) is 31.2. The predicted octanol–water partition coefficient (Wildman–Crippen LogP) is 0.286. The summed E-state index contributed by atoms with van der Waals surface area (Å²) in [5.41, 5.74) is -2.65. The molecule has 1 heterocycles. The van der Waals surface area contributed by atoms with E-state index >= 15 is 0 Å². The number of aliphatic hydroxyl groups excluding tert-OH is 2. The van der Waals surface area contributed by atoms with Crippen molar-refractivity contribution in [1.82, 2.24) is 0 Å². The van der Waals surface area contributed by atoms with Crippen LogP contribution in [0.5, 0.6) is 0 Å². The molecular weight excluding hydrogens is 340 g/mol. The number of Topliss-reactive ketones (excluding diaryl/α,β-unsaturated/α-hetero) is 1. The Morgan fingerprint density at radius 3 is 2.62 bits per heavy atom. The minimum Gasteiger partial charge on any atom is -0.481 e. The second-order valence-corrected chi connectivity index (χ2v) is 9.18. The molecule has 5 aliphatic rings. The fourth-order valence-corrected chi connectivity index (χ4v) is 7.48. The van der Waals surface area contributed by atoms with Gasteiger partial charge in [0.05, 0.1) is 18.1 Å². The fourth-order valence-electron chi connectivity index (χ4n) is 7.48. The highest BCUT2D eigenvalue weighted by atomic mass is 16.6. The van der Waals surface area contributed by atoms with Crippen molar-refractivity contribution in [2.24, 2.45) is 34.5 Å². The van der Waals surface area contributed by atoms with E-state index in [0.29, 0.717) is 12.8 Å². The number of rotatable bonds is 1. The van der Waals surface area contributed by atoms with Crippen molar-refractivity contribution < 1.29 is 34.4 Å². The van der Waals surface area contributed by atoms with E-state index in [-0.39, 0.29) is 24.5 Å². The maximum absolute atomic E-state index is 12.7. The van der Waals surface area contributed by atoms with E-state index in [2.05, 4.69) is 6.58 Å². The van der Waals surface area contributed by atoms with Crippen LogP contribution < -0.4 is 0 Å². The van der Waals surface area contributed by atoms with E-state index < -0.39 is 58.3 Å². The first-order valence-corrected chi connectivity index (χ1v) is 9.12. The van der Waals surface area contributed by atoms with Crippen LogP contribution in [-0.4, -0.2) is 50.9 Å². The maximum atomic E-state index is 12.7. The lowest BCUT2D eigenvalue weighted by Gasteiger charge is -2.46. The van der Waals surface area contributed by atoms with Gasteiger partial charge in [-0.15, -0.1) is 0 Å². The van der Waals surface area contributed by atoms with Crippen molar-refractivity contribution in [3.63, 3.8) is 0 Å². The molecule has 7 nitrogen and oxygen atoms in total. The van der Waals surface area contributed by atoms with Gasteiger partial charge >= 0.3 is 11.9 Å². The van der Waals surface area contributed by atoms with Crippen LogP contribution in [0, 0.1) is 34.5 Å². The lowest BCUT2D eigenvalue weighted by atomic mass is 9.58. The molecule has 0 amide bonds. The third kappa shape index (κ3) is 1.42. The van der Waals surface area contributed by atoms with Crippen LogP contribution in [0.3, 0.4) is 0 Å². The normalized spacial score (nSPS) is 57.0. The monoisotopic (exact) mass is 362 g/mol. The van der Waals surface area contributed by atoms with Crippen LogP contribution >= 0.6 is 0 Å². The SMILES string of the molecule is C=C1C[C@]23C[C@H]1C(=O)C[C@H]2[C@@]12C[C@H](O)[C@H](O)[C@@](C)(C(=O)O1)[C@H]2[C@@H]3C(=O)O. The Balaban J connectivity index is 1.78. The van der Waals surface area contributed by atoms with Gasteiger partial charge in [0.25, 0.3) is 0 Å². The van der Waals surface area contributed by atoms with Crippen LogP contribution in [0.25, 0.3) is 0 Å². The molecule has 5 rings (SSSR count). The van der Waals surface area contributed by atoms with Crippen LogP contribution in [0.1, 0.15) is 32.6 Å². The molecule has 140 valence electrons. The maximum Gasteiger partial charge on any atom is 0.315 e. The van der Waals surface area contributed by atoms with Gasteiger partial charge in [0.15, 0.2) is 0 Å². The van der Waals surface area contributed by atoms with E-state index in [0.717, 1.165) is 5.57 Å². The molecule has 1 spiro atoms. The van der Waals surface area contributed by atoms with Crippen molar-refractivity contribution in [1.29, 1.82) is 0 Å². The number of ketones is 1. The molecule has 0 aromatic rings. The zero-order valence-electron chi connectivity index (χ0n) is 14.5. The molecular formula is C19H22O7. The summed E-state index contributed by atoms with van der Waals surface area (Å²) in [7, 11) is 0. The number of allylic oxidation sites excluding steroid dienone is 1. The predicted molar refractivity (Wildman–Crippen MR) is 85.6 cm³/mol. The Morgan fingerprint density at radius 1 is 1.27 bits per heavy atom. The third-order valence-electron chi connectivity index (χ3n) is 8.33. The first-order valence-electron chi connectivity index (χ1n) is 9.12. The molecule has 0 aromatic carbocycles.